The first-order valence-corrected chi connectivity index (χ1v) is 8.85. The second-order valence-corrected chi connectivity index (χ2v) is 7.43. The normalized spacial score (nSPS) is 19.1. The summed E-state index contributed by atoms with van der Waals surface area (Å²) in [5.74, 6) is 0. The molecule has 124 valence electrons. The van der Waals surface area contributed by atoms with Gasteiger partial charge in [-0.05, 0) is 24.6 Å². The Morgan fingerprint density at radius 3 is 2.41 bits per heavy atom. The van der Waals surface area contributed by atoms with Crippen LogP contribution in [0.3, 0.4) is 0 Å². The quantitative estimate of drug-likeness (QED) is 0.849. The molecule has 1 aromatic rings. The first-order chi connectivity index (χ1) is 10.2. The molecule has 0 unspecified atom stereocenters. The largest absolute Gasteiger partial charge is 0.416 e. The van der Waals surface area contributed by atoms with Gasteiger partial charge in [0.15, 0.2) is 0 Å². The van der Waals surface area contributed by atoms with Gasteiger partial charge < -0.3 is 0 Å². The molecule has 0 saturated carbocycles. The molecule has 0 bridgehead atoms. The summed E-state index contributed by atoms with van der Waals surface area (Å²) in [5.41, 5.74) is -0.401. The van der Waals surface area contributed by atoms with Crippen LogP contribution in [-0.2, 0) is 22.7 Å². The average molecular weight is 336 g/mol. The lowest BCUT2D eigenvalue weighted by molar-refractivity contribution is -0.138. The highest BCUT2D eigenvalue weighted by atomic mass is 32.2. The van der Waals surface area contributed by atoms with Crippen molar-refractivity contribution in [3.8, 4) is 0 Å². The number of halogens is 3. The zero-order valence-corrected chi connectivity index (χ0v) is 13.1. The third-order valence-corrected chi connectivity index (χ3v) is 5.04. The van der Waals surface area contributed by atoms with Gasteiger partial charge in [-0.1, -0.05) is 18.2 Å². The van der Waals surface area contributed by atoms with E-state index in [1.165, 1.54) is 16.4 Å². The molecule has 0 amide bonds. The van der Waals surface area contributed by atoms with Crippen molar-refractivity contribution in [3.05, 3.63) is 35.4 Å². The molecule has 0 aromatic heterocycles. The molecule has 2 rings (SSSR count). The van der Waals surface area contributed by atoms with Crippen LogP contribution in [0.5, 0.6) is 0 Å². The molecule has 1 aliphatic rings. The van der Waals surface area contributed by atoms with Crippen molar-refractivity contribution in [2.45, 2.75) is 19.1 Å². The van der Waals surface area contributed by atoms with Gasteiger partial charge in [0, 0.05) is 26.2 Å². The molecule has 1 aromatic carbocycles. The van der Waals surface area contributed by atoms with E-state index in [0.717, 1.165) is 12.3 Å². The molecular weight excluding hydrogens is 317 g/mol. The van der Waals surface area contributed by atoms with Crippen molar-refractivity contribution >= 4 is 10.0 Å². The summed E-state index contributed by atoms with van der Waals surface area (Å²) in [5, 5.41) is 0. The highest BCUT2D eigenvalue weighted by Crippen LogP contribution is 2.32. The van der Waals surface area contributed by atoms with Crippen LogP contribution in [0.1, 0.15) is 17.5 Å². The van der Waals surface area contributed by atoms with Gasteiger partial charge in [-0.2, -0.15) is 13.2 Å². The van der Waals surface area contributed by atoms with E-state index in [1.807, 2.05) is 4.90 Å². The minimum absolute atomic E-state index is 0.174. The first kappa shape index (κ1) is 17.2. The highest BCUT2D eigenvalue weighted by molar-refractivity contribution is 7.88. The number of hydrogen-bond acceptors (Lipinski definition) is 3. The maximum atomic E-state index is 13.0. The van der Waals surface area contributed by atoms with Crippen molar-refractivity contribution in [1.29, 1.82) is 0 Å². The monoisotopic (exact) mass is 336 g/mol. The number of sulfonamides is 1. The third-order valence-electron chi connectivity index (χ3n) is 3.73. The van der Waals surface area contributed by atoms with Crippen molar-refractivity contribution in [3.63, 3.8) is 0 Å². The molecule has 1 heterocycles. The predicted octanol–water partition coefficient (Wildman–Crippen LogP) is 2.17. The lowest BCUT2D eigenvalue weighted by Crippen LogP contribution is -2.34. The summed E-state index contributed by atoms with van der Waals surface area (Å²) >= 11 is 0. The Hall–Kier alpha value is -1.12. The predicted molar refractivity (Wildman–Crippen MR) is 77.8 cm³/mol. The highest BCUT2D eigenvalue weighted by Gasteiger charge is 2.33. The molecule has 0 spiro atoms. The van der Waals surface area contributed by atoms with Crippen molar-refractivity contribution < 1.29 is 21.6 Å². The molecule has 0 atom stereocenters. The number of rotatable bonds is 3. The minimum Gasteiger partial charge on any atom is -0.298 e. The Bertz CT molecular complexity index is 617. The Kier molecular flexibility index (Phi) is 5.14. The fourth-order valence-corrected chi connectivity index (χ4v) is 3.49. The molecule has 22 heavy (non-hydrogen) atoms. The van der Waals surface area contributed by atoms with Crippen LogP contribution in [0.2, 0.25) is 0 Å². The molecule has 1 fully saturated rings. The maximum Gasteiger partial charge on any atom is 0.416 e. The molecule has 0 N–H and O–H groups in total. The van der Waals surface area contributed by atoms with Gasteiger partial charge in [0.05, 0.1) is 11.8 Å². The Morgan fingerprint density at radius 2 is 1.77 bits per heavy atom. The Balaban J connectivity index is 2.09. The van der Waals surface area contributed by atoms with E-state index in [4.69, 9.17) is 0 Å². The van der Waals surface area contributed by atoms with E-state index in [1.54, 1.807) is 6.07 Å². The Labute approximate surface area is 128 Å². The molecule has 4 nitrogen and oxygen atoms in total. The molecule has 0 aliphatic carbocycles. The molecule has 8 heteroatoms. The number of benzene rings is 1. The van der Waals surface area contributed by atoms with Gasteiger partial charge in [0.25, 0.3) is 0 Å². The van der Waals surface area contributed by atoms with E-state index in [0.29, 0.717) is 32.6 Å². The summed E-state index contributed by atoms with van der Waals surface area (Å²) in [6.07, 6.45) is -2.61. The summed E-state index contributed by atoms with van der Waals surface area (Å²) < 4.78 is 63.5. The second kappa shape index (κ2) is 6.55. The fourth-order valence-electron chi connectivity index (χ4n) is 2.61. The topological polar surface area (TPSA) is 40.6 Å². The third kappa shape index (κ3) is 4.44. The maximum absolute atomic E-state index is 13.0. The van der Waals surface area contributed by atoms with Gasteiger partial charge in [-0.3, -0.25) is 4.90 Å². The molecular formula is C14H19F3N2O2S. The molecule has 1 aliphatic heterocycles. The number of alkyl halides is 3. The van der Waals surface area contributed by atoms with Crippen molar-refractivity contribution in [2.24, 2.45) is 0 Å². The van der Waals surface area contributed by atoms with Crippen LogP contribution < -0.4 is 0 Å². The second-order valence-electron chi connectivity index (χ2n) is 5.45. The first-order valence-electron chi connectivity index (χ1n) is 7.00. The van der Waals surface area contributed by atoms with Crippen LogP contribution in [0.4, 0.5) is 13.2 Å². The van der Waals surface area contributed by atoms with Crippen LogP contribution in [0.25, 0.3) is 0 Å². The zero-order valence-electron chi connectivity index (χ0n) is 12.3. The van der Waals surface area contributed by atoms with Crippen molar-refractivity contribution in [2.75, 3.05) is 32.4 Å². The molecule has 1 saturated heterocycles. The summed E-state index contributed by atoms with van der Waals surface area (Å²) in [6.45, 7) is 1.91. The zero-order chi connectivity index (χ0) is 16.4. The van der Waals surface area contributed by atoms with E-state index >= 15 is 0 Å². The average Bonchev–Trinajstić information content (AvgIpc) is 2.63. The van der Waals surface area contributed by atoms with Crippen LogP contribution >= 0.6 is 0 Å². The smallest absolute Gasteiger partial charge is 0.298 e. The number of hydrogen-bond donors (Lipinski definition) is 0. The van der Waals surface area contributed by atoms with Crippen molar-refractivity contribution in [1.82, 2.24) is 9.21 Å². The SMILES string of the molecule is CS(=O)(=O)N1CCCN(Cc2ccccc2C(F)(F)F)CC1. The van der Waals surface area contributed by atoms with Gasteiger partial charge >= 0.3 is 6.18 Å². The lowest BCUT2D eigenvalue weighted by atomic mass is 10.1. The minimum atomic E-state index is -4.37. The van der Waals surface area contributed by atoms with Gasteiger partial charge in [0.1, 0.15) is 0 Å². The van der Waals surface area contributed by atoms with Crippen LogP contribution in [0.15, 0.2) is 24.3 Å². The molecule has 0 radical (unpaired) electrons. The lowest BCUT2D eigenvalue weighted by Gasteiger charge is -2.22. The fraction of sp³-hybridized carbons (Fsp3) is 0.571. The number of nitrogens with zero attached hydrogens (tertiary/aromatic N) is 2. The van der Waals surface area contributed by atoms with Gasteiger partial charge in [-0.25, -0.2) is 12.7 Å². The van der Waals surface area contributed by atoms with Gasteiger partial charge in [0.2, 0.25) is 10.0 Å². The standard InChI is InChI=1S/C14H19F3N2O2S/c1-22(20,21)19-8-4-7-18(9-10-19)11-12-5-2-3-6-13(12)14(15,16)17/h2-3,5-6H,4,7-11H2,1H3. The summed E-state index contributed by atoms with van der Waals surface area (Å²) in [6, 6.07) is 5.52. The van der Waals surface area contributed by atoms with E-state index in [2.05, 4.69) is 0 Å². The van der Waals surface area contributed by atoms with Crippen LogP contribution in [-0.4, -0.2) is 50.1 Å². The van der Waals surface area contributed by atoms with E-state index in [-0.39, 0.29) is 12.1 Å². The summed E-state index contributed by atoms with van der Waals surface area (Å²) in [4.78, 5) is 1.87. The van der Waals surface area contributed by atoms with E-state index < -0.39 is 21.8 Å². The van der Waals surface area contributed by atoms with E-state index in [9.17, 15) is 21.6 Å². The summed E-state index contributed by atoms with van der Waals surface area (Å²) in [7, 11) is -3.25. The Morgan fingerprint density at radius 1 is 1.09 bits per heavy atom. The van der Waals surface area contributed by atoms with Crippen LogP contribution in [0, 0.1) is 0 Å². The van der Waals surface area contributed by atoms with Gasteiger partial charge in [-0.15, -0.1) is 0 Å².